The minimum absolute atomic E-state index is 0.0434. The molecule has 3 aromatic carbocycles. The number of nitriles is 1. The van der Waals surface area contributed by atoms with Crippen LogP contribution in [0.1, 0.15) is 22.3 Å². The zero-order valence-electron chi connectivity index (χ0n) is 15.6. The predicted molar refractivity (Wildman–Crippen MR) is 121 cm³/mol. The van der Waals surface area contributed by atoms with Crippen molar-refractivity contribution in [1.29, 1.82) is 5.26 Å². The number of nitro benzene ring substituents is 1. The van der Waals surface area contributed by atoms with E-state index in [1.165, 1.54) is 17.7 Å². The first-order valence-corrected chi connectivity index (χ1v) is 9.88. The molecule has 3 aromatic rings. The Hall–Kier alpha value is -3.18. The summed E-state index contributed by atoms with van der Waals surface area (Å²) in [7, 11) is 0. The topological polar surface area (TPSA) is 76.2 Å². The van der Waals surface area contributed by atoms with Crippen molar-refractivity contribution in [1.82, 2.24) is 0 Å². The second kappa shape index (κ2) is 9.34. The van der Waals surface area contributed by atoms with Gasteiger partial charge in [0.1, 0.15) is 12.4 Å². The molecule has 0 bridgehead atoms. The summed E-state index contributed by atoms with van der Waals surface area (Å²) in [5.41, 5.74) is 3.94. The van der Waals surface area contributed by atoms with Gasteiger partial charge in [-0.1, -0.05) is 48.0 Å². The number of nitro groups is 1. The highest BCUT2D eigenvalue weighted by atomic mass is 127. The molecular formula is C23H17IN2O3. The molecule has 0 aliphatic rings. The molecule has 144 valence electrons. The highest BCUT2D eigenvalue weighted by Gasteiger charge is 2.09. The lowest BCUT2D eigenvalue weighted by Crippen LogP contribution is -1.97. The monoisotopic (exact) mass is 496 g/mol. The molecule has 5 nitrogen and oxygen atoms in total. The Labute approximate surface area is 182 Å². The fourth-order valence-corrected chi connectivity index (χ4v) is 3.40. The standard InChI is InChI=1S/C23H17IN2O3/c1-16-5-7-17(8-6-16)15-29-23-10-9-18(12-22(23)24)11-20(14-25)19-3-2-4-21(13-19)26(27)28/h2-13H,15H2,1H3/b20-11-. The van der Waals surface area contributed by atoms with E-state index >= 15 is 0 Å². The van der Waals surface area contributed by atoms with Gasteiger partial charge in [0, 0.05) is 12.1 Å². The molecule has 0 unspecified atom stereocenters. The molecular weight excluding hydrogens is 479 g/mol. The molecule has 0 aliphatic carbocycles. The third kappa shape index (κ3) is 5.42. The lowest BCUT2D eigenvalue weighted by molar-refractivity contribution is -0.384. The maximum absolute atomic E-state index is 11.0. The molecule has 0 spiro atoms. The highest BCUT2D eigenvalue weighted by molar-refractivity contribution is 14.1. The Morgan fingerprint density at radius 2 is 1.93 bits per heavy atom. The number of rotatable bonds is 6. The highest BCUT2D eigenvalue weighted by Crippen LogP contribution is 2.27. The molecule has 0 amide bonds. The van der Waals surface area contributed by atoms with Crippen molar-refractivity contribution in [2.24, 2.45) is 0 Å². The van der Waals surface area contributed by atoms with Crippen molar-refractivity contribution in [3.8, 4) is 11.8 Å². The van der Waals surface area contributed by atoms with Gasteiger partial charge >= 0.3 is 0 Å². The third-order valence-corrected chi connectivity index (χ3v) is 5.11. The first-order valence-electron chi connectivity index (χ1n) is 8.81. The smallest absolute Gasteiger partial charge is 0.270 e. The quantitative estimate of drug-likeness (QED) is 0.135. The van der Waals surface area contributed by atoms with E-state index in [9.17, 15) is 15.4 Å². The molecule has 0 atom stereocenters. The summed E-state index contributed by atoms with van der Waals surface area (Å²) in [5.74, 6) is 0.761. The normalized spacial score (nSPS) is 11.0. The van der Waals surface area contributed by atoms with E-state index in [0.29, 0.717) is 17.7 Å². The zero-order valence-corrected chi connectivity index (χ0v) is 17.8. The van der Waals surface area contributed by atoms with Crippen LogP contribution in [-0.2, 0) is 6.61 Å². The molecule has 0 aromatic heterocycles. The molecule has 0 aliphatic heterocycles. The van der Waals surface area contributed by atoms with Gasteiger partial charge in [0.05, 0.1) is 20.1 Å². The van der Waals surface area contributed by atoms with Gasteiger partial charge in [-0.15, -0.1) is 0 Å². The molecule has 0 saturated carbocycles. The number of nitrogens with zero attached hydrogens (tertiary/aromatic N) is 2. The number of non-ortho nitro benzene ring substituents is 1. The van der Waals surface area contributed by atoms with Gasteiger partial charge in [-0.3, -0.25) is 10.1 Å². The van der Waals surface area contributed by atoms with Crippen molar-refractivity contribution in [3.05, 3.63) is 103 Å². The number of halogens is 1. The van der Waals surface area contributed by atoms with Crippen molar-refractivity contribution >= 4 is 39.9 Å². The minimum atomic E-state index is -0.471. The van der Waals surface area contributed by atoms with Gasteiger partial charge in [-0.25, -0.2) is 0 Å². The van der Waals surface area contributed by atoms with Crippen LogP contribution in [0.4, 0.5) is 5.69 Å². The Kier molecular flexibility index (Phi) is 6.62. The maximum atomic E-state index is 11.0. The number of aryl methyl sites for hydroxylation is 1. The van der Waals surface area contributed by atoms with Gasteiger partial charge in [0.2, 0.25) is 0 Å². The van der Waals surface area contributed by atoms with Gasteiger partial charge in [-0.05, 0) is 64.4 Å². The second-order valence-corrected chi connectivity index (χ2v) is 7.60. The lowest BCUT2D eigenvalue weighted by Gasteiger charge is -2.09. The maximum Gasteiger partial charge on any atom is 0.270 e. The Morgan fingerprint density at radius 1 is 1.17 bits per heavy atom. The van der Waals surface area contributed by atoms with E-state index in [4.69, 9.17) is 4.74 Å². The summed E-state index contributed by atoms with van der Waals surface area (Å²) in [4.78, 5) is 10.5. The van der Waals surface area contributed by atoms with Crippen molar-refractivity contribution < 1.29 is 9.66 Å². The summed E-state index contributed by atoms with van der Waals surface area (Å²) >= 11 is 2.20. The zero-order chi connectivity index (χ0) is 20.8. The Balaban J connectivity index is 1.79. The van der Waals surface area contributed by atoms with E-state index in [2.05, 4.69) is 40.8 Å². The van der Waals surface area contributed by atoms with E-state index in [-0.39, 0.29) is 5.69 Å². The van der Waals surface area contributed by atoms with Crippen LogP contribution in [0.3, 0.4) is 0 Å². The average molecular weight is 496 g/mol. The van der Waals surface area contributed by atoms with E-state index in [0.717, 1.165) is 20.4 Å². The molecule has 0 N–H and O–H groups in total. The van der Waals surface area contributed by atoms with Crippen LogP contribution in [-0.4, -0.2) is 4.92 Å². The summed E-state index contributed by atoms with van der Waals surface area (Å²) < 4.78 is 6.82. The van der Waals surface area contributed by atoms with E-state index < -0.39 is 4.92 Å². The first-order chi connectivity index (χ1) is 14.0. The van der Waals surface area contributed by atoms with Crippen LogP contribution in [0.5, 0.6) is 5.75 Å². The molecule has 29 heavy (non-hydrogen) atoms. The second-order valence-electron chi connectivity index (χ2n) is 6.44. The molecule has 0 saturated heterocycles. The van der Waals surface area contributed by atoms with E-state index in [1.807, 2.05) is 37.3 Å². The largest absolute Gasteiger partial charge is 0.488 e. The number of hydrogen-bond acceptors (Lipinski definition) is 4. The number of ether oxygens (including phenoxy) is 1. The average Bonchev–Trinajstić information content (AvgIpc) is 2.72. The van der Waals surface area contributed by atoms with Gasteiger partial charge in [-0.2, -0.15) is 5.26 Å². The van der Waals surface area contributed by atoms with Crippen molar-refractivity contribution in [3.63, 3.8) is 0 Å². The lowest BCUT2D eigenvalue weighted by atomic mass is 10.0. The van der Waals surface area contributed by atoms with Gasteiger partial charge in [0.15, 0.2) is 0 Å². The van der Waals surface area contributed by atoms with Crippen LogP contribution < -0.4 is 4.74 Å². The Bertz CT molecular complexity index is 1120. The fraction of sp³-hybridized carbons (Fsp3) is 0.0870. The van der Waals surface area contributed by atoms with E-state index in [1.54, 1.807) is 18.2 Å². The third-order valence-electron chi connectivity index (χ3n) is 4.27. The van der Waals surface area contributed by atoms with Crippen LogP contribution in [0, 0.1) is 31.9 Å². The number of allylic oxidation sites excluding steroid dienone is 1. The summed E-state index contributed by atoms with van der Waals surface area (Å²) in [6, 6.07) is 22.0. The summed E-state index contributed by atoms with van der Waals surface area (Å²) in [6.07, 6.45) is 1.71. The molecule has 0 radical (unpaired) electrons. The fourth-order valence-electron chi connectivity index (χ4n) is 2.70. The number of hydrogen-bond donors (Lipinski definition) is 0. The predicted octanol–water partition coefficient (Wildman–Crippen LogP) is 6.15. The first kappa shape index (κ1) is 20.6. The molecule has 3 rings (SSSR count). The number of benzene rings is 3. The van der Waals surface area contributed by atoms with Crippen molar-refractivity contribution in [2.75, 3.05) is 0 Å². The van der Waals surface area contributed by atoms with Crippen LogP contribution >= 0.6 is 22.6 Å². The summed E-state index contributed by atoms with van der Waals surface area (Å²) in [5, 5.41) is 20.5. The van der Waals surface area contributed by atoms with Crippen LogP contribution in [0.15, 0.2) is 66.7 Å². The molecule has 0 heterocycles. The molecule has 6 heteroatoms. The SMILES string of the molecule is Cc1ccc(COc2ccc(/C=C(/C#N)c3cccc([N+](=O)[O-])c3)cc2I)cc1. The van der Waals surface area contributed by atoms with Gasteiger partial charge < -0.3 is 4.74 Å². The van der Waals surface area contributed by atoms with Crippen molar-refractivity contribution in [2.45, 2.75) is 13.5 Å². The van der Waals surface area contributed by atoms with Crippen LogP contribution in [0.25, 0.3) is 11.6 Å². The van der Waals surface area contributed by atoms with Crippen LogP contribution in [0.2, 0.25) is 0 Å². The Morgan fingerprint density at radius 3 is 2.59 bits per heavy atom. The minimum Gasteiger partial charge on any atom is -0.488 e. The summed E-state index contributed by atoms with van der Waals surface area (Å²) in [6.45, 7) is 2.52. The molecule has 0 fully saturated rings. The van der Waals surface area contributed by atoms with Gasteiger partial charge in [0.25, 0.3) is 5.69 Å².